The molecule has 1 unspecified atom stereocenters. The van der Waals surface area contributed by atoms with Gasteiger partial charge in [-0.2, -0.15) is 0 Å². The summed E-state index contributed by atoms with van der Waals surface area (Å²) in [4.78, 5) is 26.4. The van der Waals surface area contributed by atoms with Crippen LogP contribution in [0.15, 0.2) is 54.6 Å². The molecule has 1 aliphatic rings. The molecule has 1 heterocycles. The van der Waals surface area contributed by atoms with Gasteiger partial charge in [-0.15, -0.1) is 0 Å². The number of amides is 1. The van der Waals surface area contributed by atoms with E-state index in [0.717, 1.165) is 11.1 Å². The van der Waals surface area contributed by atoms with Crippen molar-refractivity contribution in [2.45, 2.75) is 13.0 Å². The highest BCUT2D eigenvalue weighted by Crippen LogP contribution is 2.22. The molecule has 0 saturated carbocycles. The minimum atomic E-state index is -0.460. The van der Waals surface area contributed by atoms with Crippen LogP contribution in [0.5, 0.6) is 0 Å². The summed E-state index contributed by atoms with van der Waals surface area (Å²) in [7, 11) is 0. The third-order valence-electron chi connectivity index (χ3n) is 4.03. The molecule has 1 fully saturated rings. The number of aryl methyl sites for hydroxylation is 1. The van der Waals surface area contributed by atoms with Crippen molar-refractivity contribution < 1.29 is 14.3 Å². The minimum Gasteiger partial charge on any atom is -0.370 e. The molecule has 0 bridgehead atoms. The minimum absolute atomic E-state index is 0.181. The van der Waals surface area contributed by atoms with E-state index in [9.17, 15) is 9.59 Å². The van der Waals surface area contributed by atoms with Gasteiger partial charge in [-0.3, -0.25) is 9.59 Å². The number of ketones is 1. The topological polar surface area (TPSA) is 46.6 Å². The molecule has 4 heteroatoms. The average Bonchev–Trinajstić information content (AvgIpc) is 2.62. The van der Waals surface area contributed by atoms with Crippen LogP contribution in [-0.4, -0.2) is 36.3 Å². The molecule has 118 valence electrons. The molecule has 0 radical (unpaired) electrons. The Bertz CT molecular complexity index is 694. The fourth-order valence-electron chi connectivity index (χ4n) is 2.68. The van der Waals surface area contributed by atoms with E-state index >= 15 is 0 Å². The fraction of sp³-hybridized carbons (Fsp3) is 0.263. The van der Waals surface area contributed by atoms with Crippen molar-refractivity contribution in [1.29, 1.82) is 0 Å². The number of carbonyl (C=O) groups is 2. The van der Waals surface area contributed by atoms with E-state index in [2.05, 4.69) is 0 Å². The summed E-state index contributed by atoms with van der Waals surface area (Å²) in [6, 6.07) is 16.8. The molecular formula is C19H19NO3. The number of carbonyl (C=O) groups excluding carboxylic acids is 2. The summed E-state index contributed by atoms with van der Waals surface area (Å²) in [5, 5.41) is 0. The van der Waals surface area contributed by atoms with Crippen LogP contribution in [0.4, 0.5) is 0 Å². The highest BCUT2D eigenvalue weighted by atomic mass is 16.5. The molecule has 23 heavy (non-hydrogen) atoms. The van der Waals surface area contributed by atoms with Crippen molar-refractivity contribution in [3.63, 3.8) is 0 Å². The van der Waals surface area contributed by atoms with Crippen molar-refractivity contribution in [1.82, 2.24) is 4.90 Å². The lowest BCUT2D eigenvalue weighted by molar-refractivity contribution is -0.134. The Morgan fingerprint density at radius 3 is 2.43 bits per heavy atom. The Kier molecular flexibility index (Phi) is 4.53. The van der Waals surface area contributed by atoms with Gasteiger partial charge < -0.3 is 9.64 Å². The molecule has 1 atom stereocenters. The van der Waals surface area contributed by atoms with E-state index in [1.807, 2.05) is 49.4 Å². The second-order valence-electron chi connectivity index (χ2n) is 5.72. The number of ether oxygens (including phenoxy) is 1. The predicted octanol–water partition coefficient (Wildman–Crippen LogP) is 2.78. The zero-order valence-electron chi connectivity index (χ0n) is 13.1. The van der Waals surface area contributed by atoms with E-state index in [1.165, 1.54) is 0 Å². The van der Waals surface area contributed by atoms with Gasteiger partial charge in [-0.25, -0.2) is 0 Å². The lowest BCUT2D eigenvalue weighted by Gasteiger charge is -2.32. The SMILES string of the molecule is Cc1ccc(C(=O)C(=O)N2CCOC(c3ccccc3)C2)cc1. The first-order valence-electron chi connectivity index (χ1n) is 7.72. The number of morpholine rings is 1. The molecule has 0 spiro atoms. The first-order chi connectivity index (χ1) is 11.1. The van der Waals surface area contributed by atoms with Crippen molar-refractivity contribution >= 4 is 11.7 Å². The van der Waals surface area contributed by atoms with Gasteiger partial charge in [0.25, 0.3) is 5.91 Å². The summed E-state index contributed by atoms with van der Waals surface area (Å²) in [6.45, 7) is 3.23. The highest BCUT2D eigenvalue weighted by Gasteiger charge is 2.29. The zero-order chi connectivity index (χ0) is 16.2. The number of nitrogens with zero attached hydrogens (tertiary/aromatic N) is 1. The molecule has 0 N–H and O–H groups in total. The van der Waals surface area contributed by atoms with Crippen molar-refractivity contribution in [3.05, 3.63) is 71.3 Å². The largest absolute Gasteiger partial charge is 0.370 e. The number of rotatable bonds is 3. The maximum absolute atomic E-state index is 12.5. The van der Waals surface area contributed by atoms with Crippen LogP contribution in [0, 0.1) is 6.92 Å². The third-order valence-corrected chi connectivity index (χ3v) is 4.03. The first kappa shape index (κ1) is 15.4. The summed E-state index contributed by atoms with van der Waals surface area (Å²) in [5.41, 5.74) is 2.51. The van der Waals surface area contributed by atoms with Gasteiger partial charge in [0.15, 0.2) is 0 Å². The normalized spacial score (nSPS) is 17.8. The maximum atomic E-state index is 12.5. The standard InChI is InChI=1S/C19H19NO3/c1-14-7-9-16(10-8-14)18(21)19(22)20-11-12-23-17(13-20)15-5-3-2-4-6-15/h2-10,17H,11-13H2,1H3. The molecule has 4 nitrogen and oxygen atoms in total. The second-order valence-corrected chi connectivity index (χ2v) is 5.72. The van der Waals surface area contributed by atoms with Gasteiger partial charge in [0.1, 0.15) is 6.10 Å². The van der Waals surface area contributed by atoms with Crippen LogP contribution in [-0.2, 0) is 9.53 Å². The second kappa shape index (κ2) is 6.75. The van der Waals surface area contributed by atoms with Crippen molar-refractivity contribution in [2.24, 2.45) is 0 Å². The Morgan fingerprint density at radius 1 is 1.04 bits per heavy atom. The quantitative estimate of drug-likeness (QED) is 0.647. The van der Waals surface area contributed by atoms with Gasteiger partial charge in [-0.1, -0.05) is 60.2 Å². The molecule has 0 aliphatic carbocycles. The summed E-state index contributed by atoms with van der Waals surface area (Å²) >= 11 is 0. The third kappa shape index (κ3) is 3.48. The van der Waals surface area contributed by atoms with E-state index in [-0.39, 0.29) is 6.10 Å². The van der Waals surface area contributed by atoms with E-state index < -0.39 is 11.7 Å². The van der Waals surface area contributed by atoms with Crippen LogP contribution < -0.4 is 0 Å². The molecule has 1 amide bonds. The van der Waals surface area contributed by atoms with Crippen molar-refractivity contribution in [2.75, 3.05) is 19.7 Å². The van der Waals surface area contributed by atoms with Gasteiger partial charge in [0.05, 0.1) is 13.2 Å². The number of hydrogen-bond donors (Lipinski definition) is 0. The molecular weight excluding hydrogens is 290 g/mol. The highest BCUT2D eigenvalue weighted by molar-refractivity contribution is 6.42. The first-order valence-corrected chi connectivity index (χ1v) is 7.72. The van der Waals surface area contributed by atoms with E-state index in [1.54, 1.807) is 17.0 Å². The predicted molar refractivity (Wildman–Crippen MR) is 87.2 cm³/mol. The Hall–Kier alpha value is -2.46. The number of Topliss-reactive ketones (excluding diaryl/α,β-unsaturated/α-hetero) is 1. The smallest absolute Gasteiger partial charge is 0.295 e. The molecule has 2 aromatic rings. The van der Waals surface area contributed by atoms with Crippen LogP contribution in [0.1, 0.15) is 27.6 Å². The molecule has 3 rings (SSSR count). The van der Waals surface area contributed by atoms with Crippen LogP contribution in [0.2, 0.25) is 0 Å². The number of hydrogen-bond acceptors (Lipinski definition) is 3. The lowest BCUT2D eigenvalue weighted by Crippen LogP contribution is -2.45. The van der Waals surface area contributed by atoms with Crippen LogP contribution >= 0.6 is 0 Å². The summed E-state index contributed by atoms with van der Waals surface area (Å²) in [6.07, 6.45) is -0.181. The summed E-state index contributed by atoms with van der Waals surface area (Å²) < 4.78 is 5.74. The van der Waals surface area contributed by atoms with Crippen LogP contribution in [0.3, 0.4) is 0 Å². The van der Waals surface area contributed by atoms with Gasteiger partial charge >= 0.3 is 0 Å². The molecule has 2 aromatic carbocycles. The molecule has 1 aliphatic heterocycles. The fourth-order valence-corrected chi connectivity index (χ4v) is 2.68. The van der Waals surface area contributed by atoms with Gasteiger partial charge in [0, 0.05) is 12.1 Å². The van der Waals surface area contributed by atoms with E-state index in [0.29, 0.717) is 25.3 Å². The lowest BCUT2D eigenvalue weighted by atomic mass is 10.1. The van der Waals surface area contributed by atoms with Crippen LogP contribution in [0.25, 0.3) is 0 Å². The Labute approximate surface area is 135 Å². The Balaban J connectivity index is 1.72. The van der Waals surface area contributed by atoms with Crippen molar-refractivity contribution in [3.8, 4) is 0 Å². The maximum Gasteiger partial charge on any atom is 0.295 e. The van der Waals surface area contributed by atoms with E-state index in [4.69, 9.17) is 4.74 Å². The zero-order valence-corrected chi connectivity index (χ0v) is 13.1. The van der Waals surface area contributed by atoms with Gasteiger partial charge in [0.2, 0.25) is 5.78 Å². The monoisotopic (exact) mass is 309 g/mol. The molecule has 0 aromatic heterocycles. The van der Waals surface area contributed by atoms with Gasteiger partial charge in [-0.05, 0) is 12.5 Å². The Morgan fingerprint density at radius 2 is 1.74 bits per heavy atom. The average molecular weight is 309 g/mol. The number of benzene rings is 2. The summed E-state index contributed by atoms with van der Waals surface area (Å²) in [5.74, 6) is -0.920. The molecule has 1 saturated heterocycles.